The lowest BCUT2D eigenvalue weighted by molar-refractivity contribution is 0.491. The highest BCUT2D eigenvalue weighted by Gasteiger charge is 2.21. The first kappa shape index (κ1) is 12.7. The van der Waals surface area contributed by atoms with Crippen LogP contribution in [0.15, 0.2) is 29.2 Å². The van der Waals surface area contributed by atoms with Gasteiger partial charge in [0.2, 0.25) is 10.0 Å². The van der Waals surface area contributed by atoms with Gasteiger partial charge in [0.05, 0.1) is 16.5 Å². The van der Waals surface area contributed by atoms with Gasteiger partial charge in [-0.25, -0.2) is 13.1 Å². The molecular weight excluding hydrogens is 224 g/mol. The first-order valence-electron chi connectivity index (χ1n) is 4.79. The predicted molar refractivity (Wildman–Crippen MR) is 61.2 cm³/mol. The highest BCUT2D eigenvalue weighted by molar-refractivity contribution is 7.89. The quantitative estimate of drug-likeness (QED) is 0.851. The van der Waals surface area contributed by atoms with Crippen molar-refractivity contribution in [1.82, 2.24) is 4.72 Å². The number of benzene rings is 1. The Morgan fingerprint density at radius 1 is 1.31 bits per heavy atom. The van der Waals surface area contributed by atoms with Crippen LogP contribution >= 0.6 is 0 Å². The summed E-state index contributed by atoms with van der Waals surface area (Å²) in [6.07, 6.45) is 0. The fourth-order valence-corrected chi connectivity index (χ4v) is 2.66. The summed E-state index contributed by atoms with van der Waals surface area (Å²) in [5, 5.41) is 8.70. The van der Waals surface area contributed by atoms with Crippen molar-refractivity contribution >= 4 is 10.0 Å². The zero-order valence-electron chi connectivity index (χ0n) is 9.48. The maximum absolute atomic E-state index is 11.9. The molecule has 4 nitrogen and oxygen atoms in total. The van der Waals surface area contributed by atoms with Crippen LogP contribution in [-0.4, -0.2) is 14.0 Å². The van der Waals surface area contributed by atoms with E-state index in [2.05, 4.69) is 4.72 Å². The second-order valence-electron chi connectivity index (χ2n) is 4.50. The number of rotatable bonds is 2. The van der Waals surface area contributed by atoms with E-state index in [-0.39, 0.29) is 4.90 Å². The molecule has 0 unspecified atom stereocenters. The van der Waals surface area contributed by atoms with Gasteiger partial charge in [0.15, 0.2) is 0 Å². The minimum Gasteiger partial charge on any atom is -0.207 e. The molecule has 1 aromatic carbocycles. The molecular formula is C11H14N2O2S. The number of nitrogens with zero attached hydrogens (tertiary/aromatic N) is 1. The summed E-state index contributed by atoms with van der Waals surface area (Å²) in [7, 11) is -3.55. The molecule has 0 atom stereocenters. The lowest BCUT2D eigenvalue weighted by Gasteiger charge is -2.20. The smallest absolute Gasteiger partial charge is 0.207 e. The van der Waals surface area contributed by atoms with E-state index >= 15 is 0 Å². The zero-order chi connectivity index (χ0) is 12.4. The van der Waals surface area contributed by atoms with Crippen LogP contribution in [0, 0.1) is 11.3 Å². The molecule has 0 spiro atoms. The molecule has 86 valence electrons. The SMILES string of the molecule is CC(C)(C)NS(=O)(=O)c1cccc(C#N)c1. The van der Waals surface area contributed by atoms with Crippen molar-refractivity contribution in [2.75, 3.05) is 0 Å². The molecule has 0 bridgehead atoms. The zero-order valence-corrected chi connectivity index (χ0v) is 10.3. The highest BCUT2D eigenvalue weighted by atomic mass is 32.2. The molecule has 1 aromatic rings. The molecule has 0 saturated heterocycles. The predicted octanol–water partition coefficient (Wildman–Crippen LogP) is 1.64. The van der Waals surface area contributed by atoms with E-state index < -0.39 is 15.6 Å². The summed E-state index contributed by atoms with van der Waals surface area (Å²) >= 11 is 0. The molecule has 0 heterocycles. The van der Waals surface area contributed by atoms with Gasteiger partial charge in [-0.15, -0.1) is 0 Å². The van der Waals surface area contributed by atoms with Crippen LogP contribution in [0.2, 0.25) is 0 Å². The van der Waals surface area contributed by atoms with Crippen LogP contribution in [0.25, 0.3) is 0 Å². The summed E-state index contributed by atoms with van der Waals surface area (Å²) in [6.45, 7) is 5.29. The average molecular weight is 238 g/mol. The number of nitriles is 1. The summed E-state index contributed by atoms with van der Waals surface area (Å²) in [4.78, 5) is 0.112. The third-order valence-corrected chi connectivity index (χ3v) is 3.47. The van der Waals surface area contributed by atoms with Gasteiger partial charge < -0.3 is 0 Å². The summed E-state index contributed by atoms with van der Waals surface area (Å²) in [6, 6.07) is 7.85. The Morgan fingerprint density at radius 2 is 1.94 bits per heavy atom. The molecule has 0 aromatic heterocycles. The minimum absolute atomic E-state index is 0.112. The monoisotopic (exact) mass is 238 g/mol. The molecule has 0 aliphatic carbocycles. The molecule has 0 aliphatic heterocycles. The standard InChI is InChI=1S/C11H14N2O2S/c1-11(2,3)13-16(14,15)10-6-4-5-9(7-10)8-12/h4-7,13H,1-3H3. The number of hydrogen-bond acceptors (Lipinski definition) is 3. The van der Waals surface area contributed by atoms with Crippen molar-refractivity contribution in [3.05, 3.63) is 29.8 Å². The molecule has 1 rings (SSSR count). The third kappa shape index (κ3) is 3.33. The van der Waals surface area contributed by atoms with E-state index in [9.17, 15) is 8.42 Å². The molecule has 0 radical (unpaired) electrons. The van der Waals surface area contributed by atoms with Crippen LogP contribution in [0.5, 0.6) is 0 Å². The summed E-state index contributed by atoms with van der Waals surface area (Å²) < 4.78 is 26.3. The molecule has 16 heavy (non-hydrogen) atoms. The lowest BCUT2D eigenvalue weighted by atomic mass is 10.1. The van der Waals surface area contributed by atoms with E-state index in [0.29, 0.717) is 5.56 Å². The largest absolute Gasteiger partial charge is 0.241 e. The van der Waals surface area contributed by atoms with E-state index in [1.807, 2.05) is 6.07 Å². The fourth-order valence-electron chi connectivity index (χ4n) is 1.19. The third-order valence-electron chi connectivity index (χ3n) is 1.71. The van der Waals surface area contributed by atoms with Crippen molar-refractivity contribution in [3.63, 3.8) is 0 Å². The Morgan fingerprint density at radius 3 is 2.44 bits per heavy atom. The second kappa shape index (κ2) is 4.24. The van der Waals surface area contributed by atoms with Gasteiger partial charge in [-0.2, -0.15) is 5.26 Å². The molecule has 1 N–H and O–H groups in total. The summed E-state index contributed by atoms with van der Waals surface area (Å²) in [5.74, 6) is 0. The van der Waals surface area contributed by atoms with Crippen molar-refractivity contribution in [2.24, 2.45) is 0 Å². The lowest BCUT2D eigenvalue weighted by Crippen LogP contribution is -2.40. The molecule has 0 saturated carbocycles. The van der Waals surface area contributed by atoms with Crippen LogP contribution in [0.4, 0.5) is 0 Å². The van der Waals surface area contributed by atoms with Crippen molar-refractivity contribution in [3.8, 4) is 6.07 Å². The first-order valence-corrected chi connectivity index (χ1v) is 6.27. The Balaban J connectivity index is 3.14. The van der Waals surface area contributed by atoms with E-state index in [0.717, 1.165) is 0 Å². The maximum atomic E-state index is 11.9. The van der Waals surface area contributed by atoms with E-state index in [4.69, 9.17) is 5.26 Å². The summed E-state index contributed by atoms with van der Waals surface area (Å²) in [5.41, 5.74) is -0.210. The van der Waals surface area contributed by atoms with E-state index in [1.165, 1.54) is 12.1 Å². The first-order chi connectivity index (χ1) is 7.24. The Labute approximate surface area is 96.0 Å². The minimum atomic E-state index is -3.55. The van der Waals surface area contributed by atoms with Crippen LogP contribution in [0.3, 0.4) is 0 Å². The van der Waals surface area contributed by atoms with Crippen LogP contribution < -0.4 is 4.72 Å². The molecule has 0 fully saturated rings. The van der Waals surface area contributed by atoms with Gasteiger partial charge in [0.25, 0.3) is 0 Å². The van der Waals surface area contributed by atoms with E-state index in [1.54, 1.807) is 32.9 Å². The molecule has 0 aliphatic rings. The Hall–Kier alpha value is -1.38. The number of sulfonamides is 1. The van der Waals surface area contributed by atoms with Crippen molar-refractivity contribution < 1.29 is 8.42 Å². The van der Waals surface area contributed by atoms with Gasteiger partial charge in [-0.3, -0.25) is 0 Å². The maximum Gasteiger partial charge on any atom is 0.241 e. The van der Waals surface area contributed by atoms with Crippen LogP contribution in [-0.2, 0) is 10.0 Å². The number of nitrogens with one attached hydrogen (secondary N) is 1. The Kier molecular flexibility index (Phi) is 3.36. The van der Waals surface area contributed by atoms with Crippen LogP contribution in [0.1, 0.15) is 26.3 Å². The van der Waals surface area contributed by atoms with Gasteiger partial charge in [-0.05, 0) is 39.0 Å². The normalized spacial score (nSPS) is 12.1. The highest BCUT2D eigenvalue weighted by Crippen LogP contribution is 2.13. The van der Waals surface area contributed by atoms with Gasteiger partial charge in [0, 0.05) is 5.54 Å². The average Bonchev–Trinajstić information content (AvgIpc) is 2.14. The van der Waals surface area contributed by atoms with Crippen molar-refractivity contribution in [2.45, 2.75) is 31.2 Å². The number of hydrogen-bond donors (Lipinski definition) is 1. The van der Waals surface area contributed by atoms with Gasteiger partial charge in [-0.1, -0.05) is 6.07 Å². The van der Waals surface area contributed by atoms with Gasteiger partial charge >= 0.3 is 0 Å². The Bertz CT molecular complexity index is 522. The van der Waals surface area contributed by atoms with Gasteiger partial charge in [0.1, 0.15) is 0 Å². The molecule has 5 heteroatoms. The fraction of sp³-hybridized carbons (Fsp3) is 0.364. The molecule has 0 amide bonds. The second-order valence-corrected chi connectivity index (χ2v) is 6.18. The topological polar surface area (TPSA) is 70.0 Å². The van der Waals surface area contributed by atoms with Crippen molar-refractivity contribution in [1.29, 1.82) is 5.26 Å².